The molecule has 0 aliphatic carbocycles. The van der Waals surface area contributed by atoms with Crippen molar-refractivity contribution in [2.45, 2.75) is 24.6 Å². The molecule has 13 heteroatoms. The van der Waals surface area contributed by atoms with Gasteiger partial charge in [0.15, 0.2) is 17.2 Å². The molecule has 39 heavy (non-hydrogen) atoms. The molecule has 0 spiro atoms. The lowest BCUT2D eigenvalue weighted by molar-refractivity contribution is -0.139. The van der Waals surface area contributed by atoms with Gasteiger partial charge in [0.2, 0.25) is 10.0 Å². The van der Waals surface area contributed by atoms with Crippen molar-refractivity contribution >= 4 is 54.9 Å². The summed E-state index contributed by atoms with van der Waals surface area (Å²) in [4.78, 5) is 24.1. The summed E-state index contributed by atoms with van der Waals surface area (Å²) in [7, 11) is -2.33. The molecule has 0 atom stereocenters. The van der Waals surface area contributed by atoms with Crippen LogP contribution < -0.4 is 10.1 Å². The van der Waals surface area contributed by atoms with Crippen LogP contribution in [0.25, 0.3) is 10.4 Å². The number of anilines is 1. The van der Waals surface area contributed by atoms with Crippen LogP contribution in [0.15, 0.2) is 53.0 Å². The van der Waals surface area contributed by atoms with Crippen LogP contribution in [0.3, 0.4) is 0 Å². The standard InChI is InChI=1S/C26H26BrFN2O7S2/c1-36-26(33)25-23(37-14-21(31)32)22(27)24(38-25)17-5-3-7-20(13-17)29-19-8-10-30(11-9-19)39(34,35)15-16-4-2-6-18(28)12-16/h2-7,12-13,19,29H,8-11,14-15H2,1H3,(H,31,32). The highest BCUT2D eigenvalue weighted by Crippen LogP contribution is 2.46. The summed E-state index contributed by atoms with van der Waals surface area (Å²) in [6.07, 6.45) is 1.18. The van der Waals surface area contributed by atoms with Gasteiger partial charge in [0.05, 0.1) is 22.2 Å². The van der Waals surface area contributed by atoms with Crippen LogP contribution in [0, 0.1) is 5.82 Å². The normalized spacial score (nSPS) is 14.6. The molecule has 1 aliphatic rings. The van der Waals surface area contributed by atoms with E-state index in [4.69, 9.17) is 14.6 Å². The molecular formula is C26H26BrFN2O7S2. The molecule has 2 N–H and O–H groups in total. The number of nitrogens with one attached hydrogen (secondary N) is 1. The Balaban J connectivity index is 1.44. The number of aliphatic carboxylic acids is 1. The zero-order valence-corrected chi connectivity index (χ0v) is 24.1. The summed E-state index contributed by atoms with van der Waals surface area (Å²) in [6, 6.07) is 13.1. The summed E-state index contributed by atoms with van der Waals surface area (Å²) in [5.74, 6) is -2.42. The fourth-order valence-electron chi connectivity index (χ4n) is 4.26. The lowest BCUT2D eigenvalue weighted by Crippen LogP contribution is -2.42. The third-order valence-corrected chi connectivity index (χ3v) is 10.2. The number of carboxylic acid groups (broad SMARTS) is 1. The zero-order valence-electron chi connectivity index (χ0n) is 20.9. The van der Waals surface area contributed by atoms with E-state index >= 15 is 0 Å². The van der Waals surface area contributed by atoms with E-state index in [0.717, 1.165) is 22.6 Å². The van der Waals surface area contributed by atoms with Crippen molar-refractivity contribution in [3.8, 4) is 16.2 Å². The minimum absolute atomic E-state index is 0.0349. The molecule has 3 aromatic rings. The Morgan fingerprint density at radius 2 is 1.90 bits per heavy atom. The van der Waals surface area contributed by atoms with Gasteiger partial charge in [0.1, 0.15) is 5.82 Å². The Morgan fingerprint density at radius 1 is 1.18 bits per heavy atom. The number of carbonyl (C=O) groups is 2. The predicted octanol–water partition coefficient (Wildman–Crippen LogP) is 4.97. The SMILES string of the molecule is COC(=O)c1sc(-c2cccc(NC3CCN(S(=O)(=O)Cc4cccc(F)c4)CC3)c2)c(Br)c1OCC(=O)O. The van der Waals surface area contributed by atoms with Crippen LogP contribution in [0.5, 0.6) is 5.75 Å². The van der Waals surface area contributed by atoms with Crippen LogP contribution in [0.4, 0.5) is 10.1 Å². The molecule has 2 aromatic carbocycles. The molecule has 0 unspecified atom stereocenters. The fraction of sp³-hybridized carbons (Fsp3) is 0.308. The average Bonchev–Trinajstić information content (AvgIpc) is 3.23. The number of piperidine rings is 1. The van der Waals surface area contributed by atoms with E-state index in [2.05, 4.69) is 21.2 Å². The Kier molecular flexibility index (Phi) is 9.26. The maximum Gasteiger partial charge on any atom is 0.351 e. The Hall–Kier alpha value is -3.00. The maximum absolute atomic E-state index is 13.5. The van der Waals surface area contributed by atoms with E-state index in [-0.39, 0.29) is 22.4 Å². The zero-order chi connectivity index (χ0) is 28.2. The molecule has 1 aliphatic heterocycles. The molecule has 1 saturated heterocycles. The number of sulfonamides is 1. The number of ether oxygens (including phenoxy) is 2. The van der Waals surface area contributed by atoms with E-state index in [1.165, 1.54) is 29.6 Å². The van der Waals surface area contributed by atoms with Gasteiger partial charge in [-0.25, -0.2) is 26.7 Å². The number of thiophene rings is 1. The predicted molar refractivity (Wildman–Crippen MR) is 149 cm³/mol. The average molecular weight is 642 g/mol. The van der Waals surface area contributed by atoms with E-state index < -0.39 is 34.4 Å². The molecule has 1 aromatic heterocycles. The second-order valence-electron chi connectivity index (χ2n) is 8.86. The molecule has 0 saturated carbocycles. The lowest BCUT2D eigenvalue weighted by atomic mass is 10.1. The Labute approximate surface area is 237 Å². The minimum Gasteiger partial charge on any atom is -0.479 e. The van der Waals surface area contributed by atoms with Crippen molar-refractivity contribution in [1.29, 1.82) is 0 Å². The van der Waals surface area contributed by atoms with Crippen LogP contribution in [-0.2, 0) is 25.3 Å². The number of rotatable bonds is 10. The highest BCUT2D eigenvalue weighted by molar-refractivity contribution is 9.10. The van der Waals surface area contributed by atoms with Crippen LogP contribution in [0.2, 0.25) is 0 Å². The number of halogens is 2. The van der Waals surface area contributed by atoms with E-state index in [9.17, 15) is 22.4 Å². The van der Waals surface area contributed by atoms with Crippen molar-refractivity contribution in [2.75, 3.05) is 32.1 Å². The summed E-state index contributed by atoms with van der Waals surface area (Å²) in [5, 5.41) is 12.4. The minimum atomic E-state index is -3.57. The molecule has 208 valence electrons. The number of nitrogens with zero attached hydrogens (tertiary/aromatic N) is 1. The number of hydrogen-bond donors (Lipinski definition) is 2. The van der Waals surface area contributed by atoms with Gasteiger partial charge in [-0.1, -0.05) is 24.3 Å². The summed E-state index contributed by atoms with van der Waals surface area (Å²) in [6.45, 7) is 0.0769. The van der Waals surface area contributed by atoms with Crippen LogP contribution in [-0.4, -0.2) is 62.6 Å². The van der Waals surface area contributed by atoms with E-state index in [1.807, 2.05) is 24.3 Å². The van der Waals surface area contributed by atoms with E-state index in [1.54, 1.807) is 6.07 Å². The molecular weight excluding hydrogens is 615 g/mol. The first-order valence-electron chi connectivity index (χ1n) is 11.9. The molecule has 9 nitrogen and oxygen atoms in total. The third kappa shape index (κ3) is 7.15. The molecule has 0 radical (unpaired) electrons. The summed E-state index contributed by atoms with van der Waals surface area (Å²) >= 11 is 4.56. The number of esters is 1. The summed E-state index contributed by atoms with van der Waals surface area (Å²) < 4.78 is 51.3. The Morgan fingerprint density at radius 3 is 2.56 bits per heavy atom. The van der Waals surface area contributed by atoms with Crippen molar-refractivity contribution in [1.82, 2.24) is 4.31 Å². The first-order chi connectivity index (χ1) is 18.6. The van der Waals surface area contributed by atoms with Crippen LogP contribution >= 0.6 is 27.3 Å². The monoisotopic (exact) mass is 640 g/mol. The number of carbonyl (C=O) groups excluding carboxylic acids is 1. The number of methoxy groups -OCH3 is 1. The number of hydrogen-bond acceptors (Lipinski definition) is 8. The van der Waals surface area contributed by atoms with Gasteiger partial charge in [0, 0.05) is 24.8 Å². The highest BCUT2D eigenvalue weighted by Gasteiger charge is 2.29. The van der Waals surface area contributed by atoms with Crippen molar-refractivity contribution in [3.05, 3.63) is 69.3 Å². The van der Waals surface area contributed by atoms with Gasteiger partial charge >= 0.3 is 11.9 Å². The second kappa shape index (κ2) is 12.5. The van der Waals surface area contributed by atoms with Gasteiger partial charge < -0.3 is 19.9 Å². The van der Waals surface area contributed by atoms with Gasteiger partial charge in [0.25, 0.3) is 0 Å². The third-order valence-electron chi connectivity index (χ3n) is 6.10. The van der Waals surface area contributed by atoms with Crippen molar-refractivity contribution < 1.29 is 37.0 Å². The van der Waals surface area contributed by atoms with Gasteiger partial charge in [-0.15, -0.1) is 11.3 Å². The summed E-state index contributed by atoms with van der Waals surface area (Å²) in [5.41, 5.74) is 1.99. The quantitative estimate of drug-likeness (QED) is 0.298. The van der Waals surface area contributed by atoms with E-state index in [0.29, 0.717) is 40.8 Å². The fourth-order valence-corrected chi connectivity index (χ4v) is 7.78. The van der Waals surface area contributed by atoms with Gasteiger partial charge in [-0.05, 0) is 64.2 Å². The number of benzene rings is 2. The van der Waals surface area contributed by atoms with Gasteiger partial charge in [-0.2, -0.15) is 0 Å². The topological polar surface area (TPSA) is 122 Å². The molecule has 1 fully saturated rings. The lowest BCUT2D eigenvalue weighted by Gasteiger charge is -2.32. The first-order valence-corrected chi connectivity index (χ1v) is 15.1. The van der Waals surface area contributed by atoms with Crippen molar-refractivity contribution in [2.24, 2.45) is 0 Å². The largest absolute Gasteiger partial charge is 0.479 e. The van der Waals surface area contributed by atoms with Crippen molar-refractivity contribution in [3.63, 3.8) is 0 Å². The molecule has 0 bridgehead atoms. The molecule has 2 heterocycles. The number of carboxylic acids is 1. The van der Waals surface area contributed by atoms with Gasteiger partial charge in [-0.3, -0.25) is 0 Å². The van der Waals surface area contributed by atoms with Crippen LogP contribution in [0.1, 0.15) is 28.1 Å². The first kappa shape index (κ1) is 29.0. The highest BCUT2D eigenvalue weighted by atomic mass is 79.9. The molecule has 4 rings (SSSR count). The Bertz CT molecular complexity index is 1470. The maximum atomic E-state index is 13.5. The second-order valence-corrected chi connectivity index (χ2v) is 12.6. The smallest absolute Gasteiger partial charge is 0.351 e. The molecule has 0 amide bonds.